The molecule has 0 bridgehead atoms. The third kappa shape index (κ3) is 7.05. The summed E-state index contributed by atoms with van der Waals surface area (Å²) in [7, 11) is 0. The van der Waals surface area contributed by atoms with Crippen LogP contribution in [0.5, 0.6) is 0 Å². The molecule has 2 N–H and O–H groups in total. The SMILES string of the molecule is CCCNC(C)(CO)CCCCOC1CCC(C)CC1. The smallest absolute Gasteiger partial charge is 0.0610 e. The van der Waals surface area contributed by atoms with Gasteiger partial charge in [-0.25, -0.2) is 0 Å². The van der Waals surface area contributed by atoms with Gasteiger partial charge in [-0.05, 0) is 70.8 Å². The molecule has 0 saturated heterocycles. The van der Waals surface area contributed by atoms with Crippen molar-refractivity contribution in [1.82, 2.24) is 5.32 Å². The fourth-order valence-electron chi connectivity index (χ4n) is 2.91. The fraction of sp³-hybridized carbons (Fsp3) is 1.00. The number of rotatable bonds is 10. The summed E-state index contributed by atoms with van der Waals surface area (Å²) in [6.07, 6.45) is 10.0. The first-order chi connectivity index (χ1) is 9.59. The number of aliphatic hydroxyl groups excluding tert-OH is 1. The van der Waals surface area contributed by atoms with Gasteiger partial charge in [-0.2, -0.15) is 0 Å². The summed E-state index contributed by atoms with van der Waals surface area (Å²) in [4.78, 5) is 0. The molecule has 1 fully saturated rings. The highest BCUT2D eigenvalue weighted by atomic mass is 16.5. The Balaban J connectivity index is 2.05. The van der Waals surface area contributed by atoms with Crippen molar-refractivity contribution in [2.75, 3.05) is 19.8 Å². The molecule has 0 heterocycles. The Morgan fingerprint density at radius 3 is 2.50 bits per heavy atom. The third-order valence-electron chi connectivity index (χ3n) is 4.59. The minimum Gasteiger partial charge on any atom is -0.394 e. The molecule has 0 amide bonds. The Hall–Kier alpha value is -0.120. The van der Waals surface area contributed by atoms with Gasteiger partial charge in [-0.3, -0.25) is 0 Å². The molecule has 1 atom stereocenters. The van der Waals surface area contributed by atoms with Gasteiger partial charge in [-0.1, -0.05) is 13.8 Å². The van der Waals surface area contributed by atoms with Crippen LogP contribution in [0.25, 0.3) is 0 Å². The molecule has 20 heavy (non-hydrogen) atoms. The zero-order valence-corrected chi connectivity index (χ0v) is 13.8. The van der Waals surface area contributed by atoms with Crippen molar-refractivity contribution in [1.29, 1.82) is 0 Å². The van der Waals surface area contributed by atoms with Crippen molar-refractivity contribution < 1.29 is 9.84 Å². The van der Waals surface area contributed by atoms with Gasteiger partial charge in [0.1, 0.15) is 0 Å². The van der Waals surface area contributed by atoms with Crippen molar-refractivity contribution >= 4 is 0 Å². The summed E-state index contributed by atoms with van der Waals surface area (Å²) in [5.41, 5.74) is -0.115. The minimum atomic E-state index is -0.115. The van der Waals surface area contributed by atoms with Crippen molar-refractivity contribution in [3.05, 3.63) is 0 Å². The predicted molar refractivity (Wildman–Crippen MR) is 85.0 cm³/mol. The van der Waals surface area contributed by atoms with E-state index in [1.165, 1.54) is 25.7 Å². The highest BCUT2D eigenvalue weighted by molar-refractivity contribution is 4.81. The summed E-state index contributed by atoms with van der Waals surface area (Å²) >= 11 is 0. The Morgan fingerprint density at radius 1 is 1.20 bits per heavy atom. The maximum absolute atomic E-state index is 9.50. The minimum absolute atomic E-state index is 0.115. The summed E-state index contributed by atoms with van der Waals surface area (Å²) < 4.78 is 5.98. The topological polar surface area (TPSA) is 41.5 Å². The lowest BCUT2D eigenvalue weighted by Gasteiger charge is -2.29. The molecule has 1 aliphatic rings. The van der Waals surface area contributed by atoms with Crippen LogP contribution < -0.4 is 5.32 Å². The summed E-state index contributed by atoms with van der Waals surface area (Å²) in [6, 6.07) is 0. The monoisotopic (exact) mass is 285 g/mol. The number of aliphatic hydroxyl groups is 1. The van der Waals surface area contributed by atoms with E-state index in [1.807, 2.05) is 0 Å². The van der Waals surface area contributed by atoms with E-state index in [1.54, 1.807) is 0 Å². The first-order valence-corrected chi connectivity index (χ1v) is 8.57. The Bertz CT molecular complexity index is 239. The second-order valence-electron chi connectivity index (χ2n) is 6.86. The van der Waals surface area contributed by atoms with Gasteiger partial charge >= 0.3 is 0 Å². The lowest BCUT2D eigenvalue weighted by atomic mass is 9.89. The maximum atomic E-state index is 9.50. The van der Waals surface area contributed by atoms with E-state index >= 15 is 0 Å². The zero-order chi connectivity index (χ0) is 14.8. The standard InChI is InChI=1S/C17H35NO2/c1-4-12-18-17(3,14-19)11-5-6-13-20-16-9-7-15(2)8-10-16/h15-16,18-19H,4-14H2,1-3H3. The van der Waals surface area contributed by atoms with Crippen molar-refractivity contribution in [2.24, 2.45) is 5.92 Å². The first kappa shape index (κ1) is 17.9. The van der Waals surface area contributed by atoms with Crippen LogP contribution in [0.3, 0.4) is 0 Å². The number of hydrogen-bond acceptors (Lipinski definition) is 3. The van der Waals surface area contributed by atoms with E-state index in [9.17, 15) is 5.11 Å². The van der Waals surface area contributed by atoms with Crippen LogP contribution in [0.2, 0.25) is 0 Å². The summed E-state index contributed by atoms with van der Waals surface area (Å²) in [6.45, 7) is 8.70. The summed E-state index contributed by atoms with van der Waals surface area (Å²) in [5.74, 6) is 0.893. The van der Waals surface area contributed by atoms with Crippen LogP contribution in [0.1, 0.15) is 72.1 Å². The summed E-state index contributed by atoms with van der Waals surface area (Å²) in [5, 5.41) is 13.0. The average molecular weight is 285 g/mol. The molecule has 0 spiro atoms. The van der Waals surface area contributed by atoms with Crippen molar-refractivity contribution in [3.8, 4) is 0 Å². The molecule has 3 heteroatoms. The quantitative estimate of drug-likeness (QED) is 0.604. The zero-order valence-electron chi connectivity index (χ0n) is 13.8. The van der Waals surface area contributed by atoms with Crippen LogP contribution in [-0.4, -0.2) is 36.5 Å². The molecular weight excluding hydrogens is 250 g/mol. The molecule has 0 radical (unpaired) electrons. The second kappa shape index (κ2) is 9.75. The number of ether oxygens (including phenoxy) is 1. The Kier molecular flexibility index (Phi) is 8.74. The molecule has 0 aromatic carbocycles. The van der Waals surface area contributed by atoms with E-state index < -0.39 is 0 Å². The largest absolute Gasteiger partial charge is 0.394 e. The average Bonchev–Trinajstić information content (AvgIpc) is 2.47. The lowest BCUT2D eigenvalue weighted by Crippen LogP contribution is -2.46. The van der Waals surface area contributed by atoms with Gasteiger partial charge in [0.2, 0.25) is 0 Å². The number of unbranched alkanes of at least 4 members (excludes halogenated alkanes) is 1. The van der Waals surface area contributed by atoms with E-state index in [-0.39, 0.29) is 12.1 Å². The Morgan fingerprint density at radius 2 is 1.90 bits per heavy atom. The van der Waals surface area contributed by atoms with Crippen LogP contribution in [0.4, 0.5) is 0 Å². The van der Waals surface area contributed by atoms with Crippen LogP contribution in [-0.2, 0) is 4.74 Å². The van der Waals surface area contributed by atoms with E-state index in [0.717, 1.165) is 44.8 Å². The van der Waals surface area contributed by atoms with Gasteiger partial charge in [0, 0.05) is 12.1 Å². The number of nitrogens with one attached hydrogen (secondary N) is 1. The van der Waals surface area contributed by atoms with Crippen LogP contribution in [0.15, 0.2) is 0 Å². The molecule has 3 nitrogen and oxygen atoms in total. The van der Waals surface area contributed by atoms with E-state index in [2.05, 4.69) is 26.1 Å². The van der Waals surface area contributed by atoms with Crippen LogP contribution in [0, 0.1) is 5.92 Å². The highest BCUT2D eigenvalue weighted by Crippen LogP contribution is 2.25. The van der Waals surface area contributed by atoms with Crippen LogP contribution >= 0.6 is 0 Å². The normalized spacial score (nSPS) is 26.4. The molecule has 120 valence electrons. The molecule has 0 aliphatic heterocycles. The van der Waals surface area contributed by atoms with Gasteiger partial charge in [0.15, 0.2) is 0 Å². The van der Waals surface area contributed by atoms with Crippen molar-refractivity contribution in [2.45, 2.75) is 83.8 Å². The highest BCUT2D eigenvalue weighted by Gasteiger charge is 2.22. The van der Waals surface area contributed by atoms with Gasteiger partial charge in [-0.15, -0.1) is 0 Å². The molecule has 0 aromatic heterocycles. The number of hydrogen-bond donors (Lipinski definition) is 2. The molecule has 1 aliphatic carbocycles. The van der Waals surface area contributed by atoms with Gasteiger partial charge < -0.3 is 15.2 Å². The molecule has 1 unspecified atom stereocenters. The Labute approximate surface area is 125 Å². The predicted octanol–water partition coefficient (Wildman–Crippen LogP) is 3.50. The second-order valence-corrected chi connectivity index (χ2v) is 6.86. The van der Waals surface area contributed by atoms with E-state index in [4.69, 9.17) is 4.74 Å². The lowest BCUT2D eigenvalue weighted by molar-refractivity contribution is 0.0169. The maximum Gasteiger partial charge on any atom is 0.0610 e. The molecule has 1 saturated carbocycles. The van der Waals surface area contributed by atoms with Crippen molar-refractivity contribution in [3.63, 3.8) is 0 Å². The first-order valence-electron chi connectivity index (χ1n) is 8.57. The van der Waals surface area contributed by atoms with E-state index in [0.29, 0.717) is 6.10 Å². The molecule has 0 aromatic rings. The fourth-order valence-corrected chi connectivity index (χ4v) is 2.91. The third-order valence-corrected chi connectivity index (χ3v) is 4.59. The van der Waals surface area contributed by atoms with Gasteiger partial charge in [0.05, 0.1) is 12.7 Å². The molecule has 1 rings (SSSR count). The van der Waals surface area contributed by atoms with Gasteiger partial charge in [0.25, 0.3) is 0 Å². The molecular formula is C17H35NO2.